The third-order valence-electron chi connectivity index (χ3n) is 4.20. The molecule has 1 aliphatic heterocycles. The number of benzene rings is 1. The molecule has 1 amide bonds. The summed E-state index contributed by atoms with van der Waals surface area (Å²) in [4.78, 5) is 14.0. The average Bonchev–Trinajstić information content (AvgIpc) is 2.62. The van der Waals surface area contributed by atoms with E-state index in [-0.39, 0.29) is 5.91 Å². The standard InChI is InChI=1S/C17H24BrN3O3S/c1-3-20(4-2)25(23,24)21-13-11-19(12-14-21)17(22)10-7-15-5-8-16(18)9-6-15/h5-10H,3-4,11-14H2,1-2H3/b10-7+. The molecule has 0 atom stereocenters. The first-order chi connectivity index (χ1) is 11.9. The van der Waals surface area contributed by atoms with Crippen LogP contribution in [-0.2, 0) is 15.0 Å². The van der Waals surface area contributed by atoms with E-state index in [1.165, 1.54) is 14.7 Å². The van der Waals surface area contributed by atoms with Gasteiger partial charge in [0.25, 0.3) is 10.2 Å². The first-order valence-corrected chi connectivity index (χ1v) is 10.5. The summed E-state index contributed by atoms with van der Waals surface area (Å²) in [5, 5.41) is 0. The maximum absolute atomic E-state index is 12.5. The molecule has 1 aromatic carbocycles. The third-order valence-corrected chi connectivity index (χ3v) is 6.91. The summed E-state index contributed by atoms with van der Waals surface area (Å²) in [7, 11) is -3.43. The normalized spacial score (nSPS) is 16.7. The molecule has 8 heteroatoms. The number of amides is 1. The predicted octanol–water partition coefficient (Wildman–Crippen LogP) is 2.19. The van der Waals surface area contributed by atoms with Crippen molar-refractivity contribution >= 4 is 38.1 Å². The molecule has 1 aromatic rings. The number of carbonyl (C=O) groups excluding carboxylic acids is 1. The quantitative estimate of drug-likeness (QED) is 0.651. The van der Waals surface area contributed by atoms with Gasteiger partial charge < -0.3 is 4.90 Å². The van der Waals surface area contributed by atoms with Crippen LogP contribution in [0.1, 0.15) is 19.4 Å². The van der Waals surface area contributed by atoms with Crippen molar-refractivity contribution in [3.05, 3.63) is 40.4 Å². The number of hydrogen-bond acceptors (Lipinski definition) is 3. The molecule has 0 spiro atoms. The highest BCUT2D eigenvalue weighted by molar-refractivity contribution is 9.10. The van der Waals surface area contributed by atoms with Crippen LogP contribution in [0.3, 0.4) is 0 Å². The highest BCUT2D eigenvalue weighted by Gasteiger charge is 2.31. The largest absolute Gasteiger partial charge is 0.337 e. The molecule has 25 heavy (non-hydrogen) atoms. The Morgan fingerprint density at radius 2 is 1.68 bits per heavy atom. The fraction of sp³-hybridized carbons (Fsp3) is 0.471. The maximum atomic E-state index is 12.5. The minimum absolute atomic E-state index is 0.0946. The monoisotopic (exact) mass is 429 g/mol. The summed E-state index contributed by atoms with van der Waals surface area (Å²) in [5.41, 5.74) is 0.944. The number of carbonyl (C=O) groups is 1. The summed E-state index contributed by atoms with van der Waals surface area (Å²) in [6, 6.07) is 7.67. The zero-order chi connectivity index (χ0) is 18.4. The van der Waals surface area contributed by atoms with Crippen LogP contribution in [-0.4, -0.2) is 67.1 Å². The fourth-order valence-electron chi connectivity index (χ4n) is 2.70. The smallest absolute Gasteiger partial charge is 0.282 e. The van der Waals surface area contributed by atoms with Crippen LogP contribution in [0, 0.1) is 0 Å². The lowest BCUT2D eigenvalue weighted by atomic mass is 10.2. The lowest BCUT2D eigenvalue weighted by Crippen LogP contribution is -2.53. The van der Waals surface area contributed by atoms with E-state index < -0.39 is 10.2 Å². The molecular formula is C17H24BrN3O3S. The highest BCUT2D eigenvalue weighted by Crippen LogP contribution is 2.14. The Kier molecular flexibility index (Phi) is 7.18. The van der Waals surface area contributed by atoms with Crippen LogP contribution in [0.4, 0.5) is 0 Å². The Bertz CT molecular complexity index is 707. The zero-order valence-corrected chi connectivity index (χ0v) is 17.0. The Balaban J connectivity index is 1.93. The summed E-state index contributed by atoms with van der Waals surface area (Å²) < 4.78 is 28.9. The van der Waals surface area contributed by atoms with Crippen LogP contribution >= 0.6 is 15.9 Å². The Labute approximate surface area is 158 Å². The molecule has 0 unspecified atom stereocenters. The van der Waals surface area contributed by atoms with Crippen molar-refractivity contribution in [2.75, 3.05) is 39.3 Å². The van der Waals surface area contributed by atoms with Crippen LogP contribution in [0.2, 0.25) is 0 Å². The van der Waals surface area contributed by atoms with E-state index in [2.05, 4.69) is 15.9 Å². The first-order valence-electron chi connectivity index (χ1n) is 8.36. The van der Waals surface area contributed by atoms with Gasteiger partial charge in [0.05, 0.1) is 0 Å². The van der Waals surface area contributed by atoms with Gasteiger partial charge in [-0.15, -0.1) is 0 Å². The van der Waals surface area contributed by atoms with Gasteiger partial charge in [-0.1, -0.05) is 41.9 Å². The maximum Gasteiger partial charge on any atom is 0.282 e. The summed E-state index contributed by atoms with van der Waals surface area (Å²) in [5.74, 6) is -0.0946. The van der Waals surface area contributed by atoms with Gasteiger partial charge in [-0.3, -0.25) is 4.79 Å². The second-order valence-corrected chi connectivity index (χ2v) is 8.55. The van der Waals surface area contributed by atoms with Gasteiger partial charge in [0.1, 0.15) is 0 Å². The molecule has 138 valence electrons. The van der Waals surface area contributed by atoms with E-state index in [1.807, 2.05) is 38.1 Å². The summed E-state index contributed by atoms with van der Waals surface area (Å²) >= 11 is 3.37. The lowest BCUT2D eigenvalue weighted by molar-refractivity contribution is -0.127. The van der Waals surface area contributed by atoms with Crippen molar-refractivity contribution in [2.24, 2.45) is 0 Å². The van der Waals surface area contributed by atoms with Gasteiger partial charge in [-0.25, -0.2) is 0 Å². The molecule has 1 saturated heterocycles. The molecule has 2 rings (SSSR count). The van der Waals surface area contributed by atoms with Gasteiger partial charge in [0.2, 0.25) is 5.91 Å². The Morgan fingerprint density at radius 1 is 1.12 bits per heavy atom. The molecule has 1 heterocycles. The van der Waals surface area contributed by atoms with Crippen LogP contribution in [0.15, 0.2) is 34.8 Å². The SMILES string of the molecule is CCN(CC)S(=O)(=O)N1CCN(C(=O)/C=C/c2ccc(Br)cc2)CC1. The fourth-order valence-corrected chi connectivity index (χ4v) is 4.57. The summed E-state index contributed by atoms with van der Waals surface area (Å²) in [6.45, 7) is 6.03. The minimum atomic E-state index is -3.43. The Morgan fingerprint density at radius 3 is 2.20 bits per heavy atom. The van der Waals surface area contributed by atoms with Crippen LogP contribution in [0.25, 0.3) is 6.08 Å². The molecule has 0 bridgehead atoms. The van der Waals surface area contributed by atoms with Crippen molar-refractivity contribution in [3.63, 3.8) is 0 Å². The summed E-state index contributed by atoms with van der Waals surface area (Å²) in [6.07, 6.45) is 3.31. The molecular weight excluding hydrogens is 406 g/mol. The van der Waals surface area contributed by atoms with Crippen molar-refractivity contribution in [1.29, 1.82) is 0 Å². The molecule has 1 fully saturated rings. The van der Waals surface area contributed by atoms with E-state index >= 15 is 0 Å². The average molecular weight is 430 g/mol. The number of nitrogens with zero attached hydrogens (tertiary/aromatic N) is 3. The lowest BCUT2D eigenvalue weighted by Gasteiger charge is -2.35. The molecule has 0 aliphatic carbocycles. The van der Waals surface area contributed by atoms with E-state index in [1.54, 1.807) is 11.0 Å². The molecule has 6 nitrogen and oxygen atoms in total. The number of piperazine rings is 1. The van der Waals surface area contributed by atoms with Crippen molar-refractivity contribution in [1.82, 2.24) is 13.5 Å². The zero-order valence-electron chi connectivity index (χ0n) is 14.6. The third kappa shape index (κ3) is 5.13. The van der Waals surface area contributed by atoms with Gasteiger partial charge in [-0.05, 0) is 23.8 Å². The second kappa shape index (κ2) is 8.93. The van der Waals surface area contributed by atoms with Crippen molar-refractivity contribution in [2.45, 2.75) is 13.8 Å². The molecule has 0 aromatic heterocycles. The van der Waals surface area contributed by atoms with Crippen molar-refractivity contribution < 1.29 is 13.2 Å². The predicted molar refractivity (Wildman–Crippen MR) is 103 cm³/mol. The molecule has 1 aliphatic rings. The second-order valence-electron chi connectivity index (χ2n) is 5.70. The van der Waals surface area contributed by atoms with E-state index in [0.717, 1.165) is 10.0 Å². The van der Waals surface area contributed by atoms with Crippen LogP contribution in [0.5, 0.6) is 0 Å². The van der Waals surface area contributed by atoms with E-state index in [4.69, 9.17) is 0 Å². The number of halogens is 1. The van der Waals surface area contributed by atoms with Gasteiger partial charge >= 0.3 is 0 Å². The minimum Gasteiger partial charge on any atom is -0.337 e. The van der Waals surface area contributed by atoms with Gasteiger partial charge in [0.15, 0.2) is 0 Å². The van der Waals surface area contributed by atoms with Crippen LogP contribution < -0.4 is 0 Å². The first kappa shape index (κ1) is 20.1. The number of rotatable bonds is 6. The topological polar surface area (TPSA) is 60.9 Å². The molecule has 0 saturated carbocycles. The van der Waals surface area contributed by atoms with E-state index in [9.17, 15) is 13.2 Å². The van der Waals surface area contributed by atoms with E-state index in [0.29, 0.717) is 39.3 Å². The van der Waals surface area contributed by atoms with Gasteiger partial charge in [0, 0.05) is 49.8 Å². The highest BCUT2D eigenvalue weighted by atomic mass is 79.9. The van der Waals surface area contributed by atoms with Gasteiger partial charge in [-0.2, -0.15) is 17.0 Å². The molecule has 0 N–H and O–H groups in total. The van der Waals surface area contributed by atoms with Crippen molar-refractivity contribution in [3.8, 4) is 0 Å². The Hall–Kier alpha value is -1.22. The molecule has 0 radical (unpaired) electrons. The number of hydrogen-bond donors (Lipinski definition) is 0.